The van der Waals surface area contributed by atoms with Crippen LogP contribution in [0.1, 0.15) is 11.1 Å². The molecule has 0 radical (unpaired) electrons. The first kappa shape index (κ1) is 17.2. The summed E-state index contributed by atoms with van der Waals surface area (Å²) in [7, 11) is 0. The minimum absolute atomic E-state index is 0.159. The second-order valence-electron chi connectivity index (χ2n) is 6.08. The number of hydrogen-bond acceptors (Lipinski definition) is 5. The topological polar surface area (TPSA) is 56.5 Å². The lowest BCUT2D eigenvalue weighted by atomic mass is 10.1. The second-order valence-corrected chi connectivity index (χ2v) is 7.09. The zero-order chi connectivity index (χ0) is 18.8. The lowest BCUT2D eigenvalue weighted by molar-refractivity contribution is 0.363. The molecule has 0 atom stereocenters. The van der Waals surface area contributed by atoms with Gasteiger partial charge in [-0.1, -0.05) is 66.0 Å². The first-order valence-corrected chi connectivity index (χ1v) is 9.28. The van der Waals surface area contributed by atoms with Crippen LogP contribution in [0.15, 0.2) is 66.0 Å². The van der Waals surface area contributed by atoms with E-state index in [1.165, 1.54) is 21.4 Å². The molecule has 5 nitrogen and oxygen atoms in total. The predicted octanol–water partition coefficient (Wildman–Crippen LogP) is 3.24. The van der Waals surface area contributed by atoms with E-state index in [0.717, 1.165) is 16.9 Å². The van der Waals surface area contributed by atoms with Gasteiger partial charge in [-0.3, -0.25) is 4.79 Å². The highest BCUT2D eigenvalue weighted by atomic mass is 32.1. The monoisotopic (exact) mass is 375 g/mol. The zero-order valence-corrected chi connectivity index (χ0v) is 15.6. The van der Waals surface area contributed by atoms with Crippen molar-refractivity contribution in [3.05, 3.63) is 87.2 Å². The maximum Gasteiger partial charge on any atom is 0.291 e. The van der Waals surface area contributed by atoms with Crippen LogP contribution in [0.2, 0.25) is 0 Å². The lowest BCUT2D eigenvalue weighted by Gasteiger charge is -2.02. The third kappa shape index (κ3) is 3.52. The van der Waals surface area contributed by atoms with Crippen LogP contribution in [0.4, 0.5) is 0 Å². The van der Waals surface area contributed by atoms with Gasteiger partial charge in [0.15, 0.2) is 5.82 Å². The fourth-order valence-electron chi connectivity index (χ4n) is 2.63. The molecule has 0 spiro atoms. The molecule has 4 aromatic rings. The van der Waals surface area contributed by atoms with Crippen molar-refractivity contribution < 1.29 is 4.74 Å². The van der Waals surface area contributed by atoms with Crippen LogP contribution in [-0.4, -0.2) is 21.2 Å². The van der Waals surface area contributed by atoms with Gasteiger partial charge in [0, 0.05) is 5.56 Å². The van der Waals surface area contributed by atoms with Crippen LogP contribution in [0.25, 0.3) is 22.4 Å². The summed E-state index contributed by atoms with van der Waals surface area (Å²) in [5.41, 5.74) is 2.83. The summed E-state index contributed by atoms with van der Waals surface area (Å²) in [6, 6.07) is 15.5. The smallest absolute Gasteiger partial charge is 0.291 e. The molecule has 27 heavy (non-hydrogen) atoms. The van der Waals surface area contributed by atoms with Crippen molar-refractivity contribution in [3.8, 4) is 17.1 Å². The van der Waals surface area contributed by atoms with E-state index in [4.69, 9.17) is 4.74 Å². The fraction of sp³-hybridized carbons (Fsp3) is 0.0952. The van der Waals surface area contributed by atoms with Gasteiger partial charge in [-0.25, -0.2) is 0 Å². The summed E-state index contributed by atoms with van der Waals surface area (Å²) < 4.78 is 7.43. The van der Waals surface area contributed by atoms with Crippen molar-refractivity contribution in [3.63, 3.8) is 0 Å². The Hall–Kier alpha value is -3.25. The number of thiazole rings is 1. The molecule has 0 fully saturated rings. The van der Waals surface area contributed by atoms with Crippen molar-refractivity contribution in [2.24, 2.45) is 0 Å². The molecule has 0 aliphatic heterocycles. The molecule has 0 N–H and O–H groups in total. The fourth-order valence-corrected chi connectivity index (χ4v) is 3.53. The van der Waals surface area contributed by atoms with E-state index in [-0.39, 0.29) is 5.56 Å². The molecule has 2 aromatic heterocycles. The van der Waals surface area contributed by atoms with Crippen LogP contribution in [0.5, 0.6) is 5.75 Å². The van der Waals surface area contributed by atoms with E-state index in [1.54, 1.807) is 6.08 Å². The summed E-state index contributed by atoms with van der Waals surface area (Å²) >= 11 is 1.33. The quantitative estimate of drug-likeness (QED) is 0.503. The minimum Gasteiger partial charge on any atom is -0.490 e. The highest BCUT2D eigenvalue weighted by Gasteiger charge is 2.11. The number of aromatic nitrogens is 3. The average Bonchev–Trinajstić information content (AvgIpc) is 3.22. The van der Waals surface area contributed by atoms with Crippen LogP contribution >= 0.6 is 11.3 Å². The number of ether oxygens (including phenoxy) is 1. The Balaban J connectivity index is 1.67. The number of aryl methyl sites for hydroxylation is 1. The second kappa shape index (κ2) is 7.17. The van der Waals surface area contributed by atoms with Crippen molar-refractivity contribution in [2.75, 3.05) is 6.61 Å². The highest BCUT2D eigenvalue weighted by Crippen LogP contribution is 2.17. The third-order valence-electron chi connectivity index (χ3n) is 4.04. The van der Waals surface area contributed by atoms with Gasteiger partial charge in [0.2, 0.25) is 4.96 Å². The zero-order valence-electron chi connectivity index (χ0n) is 14.8. The number of rotatable bonds is 5. The van der Waals surface area contributed by atoms with Gasteiger partial charge in [0.25, 0.3) is 5.56 Å². The largest absolute Gasteiger partial charge is 0.490 e. The molecule has 134 valence electrons. The SMILES string of the molecule is C=CCOc1ccc(/C=c2\sc3nc(-c4ccc(C)cc4)nn3c2=O)cc1. The molecular weight excluding hydrogens is 358 g/mol. The Morgan fingerprint density at radius 2 is 1.89 bits per heavy atom. The maximum atomic E-state index is 12.6. The van der Waals surface area contributed by atoms with Crippen molar-refractivity contribution >= 4 is 22.4 Å². The lowest BCUT2D eigenvalue weighted by Crippen LogP contribution is -2.23. The molecule has 2 heterocycles. The molecule has 0 saturated carbocycles. The first-order chi connectivity index (χ1) is 13.1. The van der Waals surface area contributed by atoms with E-state index >= 15 is 0 Å². The number of hydrogen-bond donors (Lipinski definition) is 0. The van der Waals surface area contributed by atoms with Crippen molar-refractivity contribution in [1.82, 2.24) is 14.6 Å². The average molecular weight is 375 g/mol. The summed E-state index contributed by atoms with van der Waals surface area (Å²) in [5.74, 6) is 1.33. The van der Waals surface area contributed by atoms with Gasteiger partial charge in [-0.2, -0.15) is 9.50 Å². The standard InChI is InChI=1S/C21H17N3O2S/c1-3-12-26-17-10-6-15(7-11-17)13-18-20(25)24-21(27-18)22-19(23-24)16-8-4-14(2)5-9-16/h3-11,13H,1,12H2,2H3/b18-13-. The van der Waals surface area contributed by atoms with Gasteiger partial charge in [-0.15, -0.1) is 5.10 Å². The summed E-state index contributed by atoms with van der Waals surface area (Å²) in [6.45, 7) is 6.11. The molecule has 0 saturated heterocycles. The van der Waals surface area contributed by atoms with Crippen LogP contribution in [0.3, 0.4) is 0 Å². The molecule has 0 amide bonds. The molecule has 0 unspecified atom stereocenters. The predicted molar refractivity (Wildman–Crippen MR) is 108 cm³/mol. The number of nitrogens with zero attached hydrogens (tertiary/aromatic N) is 3. The van der Waals surface area contributed by atoms with Crippen LogP contribution in [-0.2, 0) is 0 Å². The van der Waals surface area contributed by atoms with Crippen LogP contribution < -0.4 is 14.8 Å². The highest BCUT2D eigenvalue weighted by molar-refractivity contribution is 7.15. The van der Waals surface area contributed by atoms with Gasteiger partial charge >= 0.3 is 0 Å². The van der Waals surface area contributed by atoms with Crippen molar-refractivity contribution in [2.45, 2.75) is 6.92 Å². The molecule has 0 aliphatic carbocycles. The van der Waals surface area contributed by atoms with E-state index in [0.29, 0.717) is 21.9 Å². The summed E-state index contributed by atoms with van der Waals surface area (Å²) in [5, 5.41) is 4.38. The van der Waals surface area contributed by atoms with E-state index < -0.39 is 0 Å². The van der Waals surface area contributed by atoms with Gasteiger partial charge in [0.05, 0.1) is 4.53 Å². The Labute approximate surface area is 159 Å². The number of fused-ring (bicyclic) bond motifs is 1. The molecular formula is C21H17N3O2S. The molecule has 2 aromatic carbocycles. The third-order valence-corrected chi connectivity index (χ3v) is 5.00. The normalized spacial score (nSPS) is 11.8. The number of benzene rings is 2. The minimum atomic E-state index is -0.159. The van der Waals surface area contributed by atoms with Crippen molar-refractivity contribution in [1.29, 1.82) is 0 Å². The Kier molecular flexibility index (Phi) is 4.56. The van der Waals surface area contributed by atoms with E-state index in [1.807, 2.05) is 61.5 Å². The Morgan fingerprint density at radius 3 is 2.56 bits per heavy atom. The Morgan fingerprint density at radius 1 is 1.15 bits per heavy atom. The first-order valence-electron chi connectivity index (χ1n) is 8.46. The summed E-state index contributed by atoms with van der Waals surface area (Å²) in [4.78, 5) is 17.7. The molecule has 0 bridgehead atoms. The van der Waals surface area contributed by atoms with E-state index in [9.17, 15) is 4.79 Å². The molecule has 6 heteroatoms. The maximum absolute atomic E-state index is 12.6. The van der Waals surface area contributed by atoms with Gasteiger partial charge in [-0.05, 0) is 30.7 Å². The summed E-state index contributed by atoms with van der Waals surface area (Å²) in [6.07, 6.45) is 3.54. The van der Waals surface area contributed by atoms with Gasteiger partial charge in [0.1, 0.15) is 12.4 Å². The van der Waals surface area contributed by atoms with Gasteiger partial charge < -0.3 is 4.74 Å². The molecule has 4 rings (SSSR count). The Bertz CT molecular complexity index is 1210. The molecule has 0 aliphatic rings. The van der Waals surface area contributed by atoms with E-state index in [2.05, 4.69) is 16.7 Å². The van der Waals surface area contributed by atoms with Crippen LogP contribution in [0, 0.1) is 6.92 Å².